The summed E-state index contributed by atoms with van der Waals surface area (Å²) >= 11 is 0. The molecule has 1 aliphatic rings. The fourth-order valence-electron chi connectivity index (χ4n) is 1.71. The van der Waals surface area contributed by atoms with E-state index < -0.39 is 17.8 Å². The number of hydrogen-bond donors (Lipinski definition) is 2. The highest BCUT2D eigenvalue weighted by atomic mass is 16.5. The lowest BCUT2D eigenvalue weighted by Gasteiger charge is -2.26. The summed E-state index contributed by atoms with van der Waals surface area (Å²) in [5, 5.41) is 2.18. The summed E-state index contributed by atoms with van der Waals surface area (Å²) in [6, 6.07) is 1.40. The number of pyridine rings is 1. The third kappa shape index (κ3) is 2.62. The summed E-state index contributed by atoms with van der Waals surface area (Å²) in [6.07, 6.45) is 1.29. The molecule has 0 bridgehead atoms. The highest BCUT2D eigenvalue weighted by Gasteiger charge is 2.24. The molecule has 19 heavy (non-hydrogen) atoms. The minimum absolute atomic E-state index is 0.0106. The molecule has 8 nitrogen and oxygen atoms in total. The van der Waals surface area contributed by atoms with Gasteiger partial charge in [0.05, 0.1) is 37.6 Å². The number of nitrogens with two attached hydrogens (primary N) is 1. The van der Waals surface area contributed by atoms with Gasteiger partial charge in [0.2, 0.25) is 11.8 Å². The molecule has 1 aliphatic heterocycles. The number of piperazine rings is 1. The van der Waals surface area contributed by atoms with E-state index in [1.165, 1.54) is 24.3 Å². The number of anilines is 2. The second-order valence-electron chi connectivity index (χ2n) is 3.95. The van der Waals surface area contributed by atoms with E-state index >= 15 is 0 Å². The third-order valence-corrected chi connectivity index (χ3v) is 2.60. The number of nitrogens with one attached hydrogen (secondary N) is 1. The number of aromatic nitrogens is 1. The average molecular weight is 264 g/mol. The SMILES string of the molecule is COC(=O)c1cc(N2CC(=O)NC(=O)C2)ncc1N. The van der Waals surface area contributed by atoms with Gasteiger partial charge in [-0.15, -0.1) is 0 Å². The lowest BCUT2D eigenvalue weighted by Crippen LogP contribution is -2.51. The number of amides is 2. The molecule has 1 fully saturated rings. The van der Waals surface area contributed by atoms with E-state index in [9.17, 15) is 14.4 Å². The zero-order valence-electron chi connectivity index (χ0n) is 10.2. The lowest BCUT2D eigenvalue weighted by molar-refractivity contribution is -0.130. The molecule has 0 saturated carbocycles. The maximum absolute atomic E-state index is 11.5. The molecule has 1 aromatic rings. The number of methoxy groups -OCH3 is 1. The van der Waals surface area contributed by atoms with Crippen molar-refractivity contribution in [3.8, 4) is 0 Å². The molecular weight excluding hydrogens is 252 g/mol. The Bertz CT molecular complexity index is 542. The van der Waals surface area contributed by atoms with Gasteiger partial charge in [-0.3, -0.25) is 14.9 Å². The number of rotatable bonds is 2. The molecule has 1 aromatic heterocycles. The van der Waals surface area contributed by atoms with Crippen molar-refractivity contribution in [2.75, 3.05) is 30.8 Å². The van der Waals surface area contributed by atoms with Crippen LogP contribution in [0.5, 0.6) is 0 Å². The van der Waals surface area contributed by atoms with Crippen molar-refractivity contribution in [1.29, 1.82) is 0 Å². The van der Waals surface area contributed by atoms with Crippen molar-refractivity contribution >= 4 is 29.3 Å². The van der Waals surface area contributed by atoms with Crippen LogP contribution in [-0.2, 0) is 14.3 Å². The van der Waals surface area contributed by atoms with Gasteiger partial charge in [0.25, 0.3) is 0 Å². The summed E-state index contributed by atoms with van der Waals surface area (Å²) in [5.74, 6) is -1.13. The molecule has 0 aliphatic carbocycles. The van der Waals surface area contributed by atoms with Gasteiger partial charge in [-0.05, 0) is 6.07 Å². The number of nitrogen functional groups attached to an aromatic ring is 1. The molecule has 2 heterocycles. The smallest absolute Gasteiger partial charge is 0.340 e. The van der Waals surface area contributed by atoms with Gasteiger partial charge in [-0.2, -0.15) is 0 Å². The standard InChI is InChI=1S/C11H12N4O4/c1-19-11(18)6-2-8(13-3-7(6)12)15-4-9(16)14-10(17)5-15/h2-3H,4-5,12H2,1H3,(H,14,16,17). The summed E-state index contributed by atoms with van der Waals surface area (Å²) in [6.45, 7) is -0.0213. The van der Waals surface area contributed by atoms with Crippen molar-refractivity contribution < 1.29 is 19.1 Å². The Morgan fingerprint density at radius 2 is 2.05 bits per heavy atom. The molecule has 0 radical (unpaired) electrons. The molecule has 3 N–H and O–H groups in total. The highest BCUT2D eigenvalue weighted by molar-refractivity contribution is 6.03. The van der Waals surface area contributed by atoms with Gasteiger partial charge in [0.1, 0.15) is 5.82 Å². The number of carbonyl (C=O) groups is 3. The third-order valence-electron chi connectivity index (χ3n) is 2.60. The minimum atomic E-state index is -0.603. The van der Waals surface area contributed by atoms with Crippen LogP contribution in [-0.4, -0.2) is 43.0 Å². The number of esters is 1. The van der Waals surface area contributed by atoms with Crippen LogP contribution in [0.2, 0.25) is 0 Å². The number of ether oxygens (including phenoxy) is 1. The lowest BCUT2D eigenvalue weighted by atomic mass is 10.2. The van der Waals surface area contributed by atoms with Gasteiger partial charge >= 0.3 is 5.97 Å². The Morgan fingerprint density at radius 1 is 1.42 bits per heavy atom. The van der Waals surface area contributed by atoms with Crippen LogP contribution in [0.4, 0.5) is 11.5 Å². The fraction of sp³-hybridized carbons (Fsp3) is 0.273. The van der Waals surface area contributed by atoms with E-state index in [1.54, 1.807) is 0 Å². The Balaban J connectivity index is 2.32. The molecule has 0 unspecified atom stereocenters. The number of imide groups is 1. The second-order valence-corrected chi connectivity index (χ2v) is 3.95. The van der Waals surface area contributed by atoms with Gasteiger partial charge in [0.15, 0.2) is 0 Å². The molecular formula is C11H12N4O4. The summed E-state index contributed by atoms with van der Waals surface area (Å²) in [4.78, 5) is 39.5. The minimum Gasteiger partial charge on any atom is -0.465 e. The topological polar surface area (TPSA) is 115 Å². The predicted molar refractivity (Wildman–Crippen MR) is 65.4 cm³/mol. The molecule has 0 atom stereocenters. The Kier molecular flexibility index (Phi) is 3.32. The molecule has 2 amide bonds. The molecule has 0 spiro atoms. The highest BCUT2D eigenvalue weighted by Crippen LogP contribution is 2.19. The second kappa shape index (κ2) is 4.92. The van der Waals surface area contributed by atoms with Gasteiger partial charge in [-0.25, -0.2) is 9.78 Å². The van der Waals surface area contributed by atoms with Crippen LogP contribution in [0.15, 0.2) is 12.3 Å². The van der Waals surface area contributed by atoms with E-state index in [0.29, 0.717) is 5.82 Å². The van der Waals surface area contributed by atoms with Gasteiger partial charge < -0.3 is 15.4 Å². The summed E-state index contributed by atoms with van der Waals surface area (Å²) in [7, 11) is 1.24. The Labute approximate surface area is 108 Å². The van der Waals surface area contributed by atoms with Crippen LogP contribution < -0.4 is 16.0 Å². The average Bonchev–Trinajstić information content (AvgIpc) is 2.37. The van der Waals surface area contributed by atoms with Crippen molar-refractivity contribution in [3.05, 3.63) is 17.8 Å². The fourth-order valence-corrected chi connectivity index (χ4v) is 1.71. The van der Waals surface area contributed by atoms with Crippen LogP contribution in [0, 0.1) is 0 Å². The molecule has 2 rings (SSSR count). The van der Waals surface area contributed by atoms with Crippen LogP contribution in [0.3, 0.4) is 0 Å². The summed E-state index contributed by atoms with van der Waals surface area (Å²) < 4.78 is 4.59. The van der Waals surface area contributed by atoms with E-state index in [-0.39, 0.29) is 24.3 Å². The summed E-state index contributed by atoms with van der Waals surface area (Å²) in [5.41, 5.74) is 5.94. The van der Waals surface area contributed by atoms with Crippen LogP contribution >= 0.6 is 0 Å². The maximum atomic E-state index is 11.5. The van der Waals surface area contributed by atoms with Gasteiger partial charge in [-0.1, -0.05) is 0 Å². The van der Waals surface area contributed by atoms with E-state index in [4.69, 9.17) is 5.73 Å². The maximum Gasteiger partial charge on any atom is 0.340 e. The largest absolute Gasteiger partial charge is 0.465 e. The van der Waals surface area contributed by atoms with Crippen LogP contribution in [0.1, 0.15) is 10.4 Å². The van der Waals surface area contributed by atoms with Crippen molar-refractivity contribution in [2.24, 2.45) is 0 Å². The predicted octanol–water partition coefficient (Wildman–Crippen LogP) is -1.09. The normalized spacial score (nSPS) is 15.1. The number of hydrogen-bond acceptors (Lipinski definition) is 7. The van der Waals surface area contributed by atoms with E-state index in [2.05, 4.69) is 15.0 Å². The first-order valence-corrected chi connectivity index (χ1v) is 5.42. The first-order chi connectivity index (χ1) is 9.01. The molecule has 100 valence electrons. The number of carbonyl (C=O) groups excluding carboxylic acids is 3. The van der Waals surface area contributed by atoms with Crippen molar-refractivity contribution in [2.45, 2.75) is 0 Å². The Morgan fingerprint density at radius 3 is 2.63 bits per heavy atom. The first-order valence-electron chi connectivity index (χ1n) is 5.42. The van der Waals surface area contributed by atoms with Crippen molar-refractivity contribution in [3.63, 3.8) is 0 Å². The molecule has 0 aromatic carbocycles. The van der Waals surface area contributed by atoms with Crippen molar-refractivity contribution in [1.82, 2.24) is 10.3 Å². The van der Waals surface area contributed by atoms with Gasteiger partial charge in [0, 0.05) is 0 Å². The quantitative estimate of drug-likeness (QED) is 0.515. The zero-order valence-corrected chi connectivity index (χ0v) is 10.2. The molecule has 1 saturated heterocycles. The van der Waals surface area contributed by atoms with E-state index in [0.717, 1.165) is 0 Å². The zero-order chi connectivity index (χ0) is 14.0. The first kappa shape index (κ1) is 12.8. The monoisotopic (exact) mass is 264 g/mol. The molecule has 8 heteroatoms. The number of nitrogens with zero attached hydrogens (tertiary/aromatic N) is 2. The Hall–Kier alpha value is -2.64. The van der Waals surface area contributed by atoms with E-state index in [1.807, 2.05) is 0 Å². The van der Waals surface area contributed by atoms with Crippen LogP contribution in [0.25, 0.3) is 0 Å².